The minimum atomic E-state index is -0.372. The highest BCUT2D eigenvalue weighted by Crippen LogP contribution is 2.33. The van der Waals surface area contributed by atoms with Crippen LogP contribution in [-0.4, -0.2) is 67.0 Å². The number of nitrogens with zero attached hydrogens (tertiary/aromatic N) is 4. The number of aliphatic hydroxyl groups excluding tert-OH is 1. The number of carbonyl (C=O) groups is 1. The summed E-state index contributed by atoms with van der Waals surface area (Å²) < 4.78 is 0. The van der Waals surface area contributed by atoms with E-state index < -0.39 is 0 Å². The molecule has 2 atom stereocenters. The fourth-order valence-corrected chi connectivity index (χ4v) is 5.92. The van der Waals surface area contributed by atoms with Gasteiger partial charge in [0.1, 0.15) is 11.6 Å². The predicted molar refractivity (Wildman–Crippen MR) is 169 cm³/mol. The van der Waals surface area contributed by atoms with Gasteiger partial charge in [-0.1, -0.05) is 78.9 Å². The van der Waals surface area contributed by atoms with Gasteiger partial charge >= 0.3 is 0 Å². The Balaban J connectivity index is 1.10. The molecule has 6 rings (SSSR count). The van der Waals surface area contributed by atoms with Crippen LogP contribution < -0.4 is 0 Å². The van der Waals surface area contributed by atoms with Crippen molar-refractivity contribution in [3.05, 3.63) is 108 Å². The fourth-order valence-electron chi connectivity index (χ4n) is 5.92. The van der Waals surface area contributed by atoms with Crippen molar-refractivity contribution in [2.75, 3.05) is 20.1 Å². The summed E-state index contributed by atoms with van der Waals surface area (Å²) in [6.45, 7) is 3.80. The highest BCUT2D eigenvalue weighted by atomic mass is 16.3. The minimum absolute atomic E-state index is 0.0150. The van der Waals surface area contributed by atoms with E-state index in [-0.39, 0.29) is 18.1 Å². The number of likely N-dealkylation sites (tertiary alicyclic amines) is 1. The normalized spacial score (nSPS) is 15.7. The van der Waals surface area contributed by atoms with Crippen molar-refractivity contribution in [2.45, 2.75) is 44.9 Å². The van der Waals surface area contributed by atoms with E-state index in [9.17, 15) is 9.90 Å². The quantitative estimate of drug-likeness (QED) is 0.194. The molecular formula is C35H38N6O2. The number of amides is 1. The summed E-state index contributed by atoms with van der Waals surface area (Å²) in [7, 11) is 1.97. The molecule has 3 aromatic carbocycles. The molecule has 1 aliphatic heterocycles. The summed E-state index contributed by atoms with van der Waals surface area (Å²) in [5.41, 5.74) is 7.37. The van der Waals surface area contributed by atoms with Gasteiger partial charge in [-0.3, -0.25) is 9.69 Å². The van der Waals surface area contributed by atoms with Gasteiger partial charge in [-0.25, -0.2) is 9.97 Å². The van der Waals surface area contributed by atoms with Gasteiger partial charge in [0.05, 0.1) is 48.9 Å². The van der Waals surface area contributed by atoms with Crippen molar-refractivity contribution >= 4 is 5.91 Å². The molecule has 1 aliphatic rings. The Morgan fingerprint density at radius 2 is 1.51 bits per heavy atom. The number of aromatic nitrogens is 4. The van der Waals surface area contributed by atoms with Crippen LogP contribution in [0.2, 0.25) is 0 Å². The second-order valence-corrected chi connectivity index (χ2v) is 11.5. The third-order valence-electron chi connectivity index (χ3n) is 8.03. The molecule has 43 heavy (non-hydrogen) atoms. The molecule has 3 heterocycles. The van der Waals surface area contributed by atoms with Gasteiger partial charge in [0.15, 0.2) is 0 Å². The maximum absolute atomic E-state index is 13.1. The van der Waals surface area contributed by atoms with Crippen molar-refractivity contribution < 1.29 is 9.90 Å². The third kappa shape index (κ3) is 6.77. The maximum atomic E-state index is 13.1. The highest BCUT2D eigenvalue weighted by Gasteiger charge is 2.31. The number of aromatic amines is 2. The number of benzene rings is 3. The Kier molecular flexibility index (Phi) is 8.49. The molecule has 2 aromatic heterocycles. The lowest BCUT2D eigenvalue weighted by Crippen LogP contribution is -2.32. The van der Waals surface area contributed by atoms with Crippen molar-refractivity contribution in [3.8, 4) is 33.6 Å². The Labute approximate surface area is 252 Å². The summed E-state index contributed by atoms with van der Waals surface area (Å²) in [5, 5.41) is 9.59. The van der Waals surface area contributed by atoms with Gasteiger partial charge in [-0.15, -0.1) is 0 Å². The summed E-state index contributed by atoms with van der Waals surface area (Å²) in [5.74, 6) is 1.87. The van der Waals surface area contributed by atoms with E-state index in [1.165, 1.54) is 0 Å². The van der Waals surface area contributed by atoms with Crippen molar-refractivity contribution in [1.29, 1.82) is 0 Å². The lowest BCUT2D eigenvalue weighted by Gasteiger charge is -2.23. The summed E-state index contributed by atoms with van der Waals surface area (Å²) in [6.07, 6.45) is 5.68. The third-order valence-corrected chi connectivity index (χ3v) is 8.03. The largest absolute Gasteiger partial charge is 0.392 e. The topological polar surface area (TPSA) is 101 Å². The minimum Gasteiger partial charge on any atom is -0.392 e. The molecule has 1 amide bonds. The summed E-state index contributed by atoms with van der Waals surface area (Å²) in [4.78, 5) is 33.2. The van der Waals surface area contributed by atoms with Crippen LogP contribution in [0, 0.1) is 0 Å². The number of likely N-dealkylation sites (N-methyl/N-ethyl adjacent to an activating group) is 1. The number of H-pyrrole nitrogens is 2. The Morgan fingerprint density at radius 1 is 0.907 bits per heavy atom. The second-order valence-electron chi connectivity index (χ2n) is 11.5. The van der Waals surface area contributed by atoms with Gasteiger partial charge in [0.2, 0.25) is 5.91 Å². The molecule has 1 fully saturated rings. The smallest absolute Gasteiger partial charge is 0.227 e. The van der Waals surface area contributed by atoms with E-state index in [4.69, 9.17) is 4.98 Å². The van der Waals surface area contributed by atoms with E-state index in [2.05, 4.69) is 63.5 Å². The first kappa shape index (κ1) is 28.6. The van der Waals surface area contributed by atoms with Gasteiger partial charge in [-0.2, -0.15) is 0 Å². The molecule has 1 saturated heterocycles. The van der Waals surface area contributed by atoms with Crippen LogP contribution in [0.15, 0.2) is 91.3 Å². The van der Waals surface area contributed by atoms with Gasteiger partial charge < -0.3 is 20.0 Å². The second kappa shape index (κ2) is 12.8. The lowest BCUT2D eigenvalue weighted by molar-refractivity contribution is -0.131. The van der Waals surface area contributed by atoms with Gasteiger partial charge in [0.25, 0.3) is 0 Å². The summed E-state index contributed by atoms with van der Waals surface area (Å²) in [6, 6.07) is 26.8. The van der Waals surface area contributed by atoms with E-state index in [1.54, 1.807) is 6.92 Å². The monoisotopic (exact) mass is 574 g/mol. The zero-order chi connectivity index (χ0) is 29.8. The first-order chi connectivity index (χ1) is 20.9. The molecule has 8 heteroatoms. The van der Waals surface area contributed by atoms with Crippen LogP contribution in [0.1, 0.15) is 43.0 Å². The molecule has 8 nitrogen and oxygen atoms in total. The SMILES string of the molecule is CC(O)CN(C)Cc1ncc(-c2ccc(-c3ccc(-c4cnc(C5CCCN5C(=O)Cc5ccccc5)[nH]4)cc3)cc2)[nH]1. The molecular weight excluding hydrogens is 536 g/mol. The first-order valence-corrected chi connectivity index (χ1v) is 14.9. The maximum Gasteiger partial charge on any atom is 0.227 e. The van der Waals surface area contributed by atoms with Crippen molar-refractivity contribution in [2.24, 2.45) is 0 Å². The number of nitrogens with one attached hydrogen (secondary N) is 2. The first-order valence-electron chi connectivity index (χ1n) is 14.9. The number of hydrogen-bond acceptors (Lipinski definition) is 5. The molecule has 2 unspecified atom stereocenters. The van der Waals surface area contributed by atoms with Gasteiger partial charge in [-0.05, 0) is 54.6 Å². The predicted octanol–water partition coefficient (Wildman–Crippen LogP) is 5.85. The van der Waals surface area contributed by atoms with E-state index in [1.807, 2.05) is 59.6 Å². The molecule has 5 aromatic rings. The van der Waals surface area contributed by atoms with Crippen molar-refractivity contribution in [1.82, 2.24) is 29.7 Å². The molecule has 0 aliphatic carbocycles. The van der Waals surface area contributed by atoms with Gasteiger partial charge in [0, 0.05) is 13.1 Å². The van der Waals surface area contributed by atoms with Crippen LogP contribution in [0.25, 0.3) is 33.6 Å². The van der Waals surface area contributed by atoms with Crippen LogP contribution in [0.3, 0.4) is 0 Å². The number of rotatable bonds is 10. The lowest BCUT2D eigenvalue weighted by atomic mass is 10.0. The van der Waals surface area contributed by atoms with E-state index in [0.717, 1.165) is 70.2 Å². The van der Waals surface area contributed by atoms with Crippen LogP contribution in [0.5, 0.6) is 0 Å². The Morgan fingerprint density at radius 3 is 2.16 bits per heavy atom. The molecule has 3 N–H and O–H groups in total. The highest BCUT2D eigenvalue weighted by molar-refractivity contribution is 5.79. The zero-order valence-electron chi connectivity index (χ0n) is 24.7. The molecule has 220 valence electrons. The average Bonchev–Trinajstić information content (AvgIpc) is 3.79. The van der Waals surface area contributed by atoms with E-state index >= 15 is 0 Å². The number of imidazole rings is 2. The summed E-state index contributed by atoms with van der Waals surface area (Å²) >= 11 is 0. The fraction of sp³-hybridized carbons (Fsp3) is 0.286. The standard InChI is InChI=1S/C35H38N6O2/c1-24(42)22-40(2)23-33-36-20-30(38-33)28-14-10-26(11-15-28)27-12-16-29(17-13-27)31-21-37-35(39-31)32-9-6-18-41(32)34(43)19-25-7-4-3-5-8-25/h3-5,7-8,10-17,20-21,24,32,42H,6,9,18-19,22-23H2,1-2H3,(H,36,38)(H,37,39). The number of carbonyl (C=O) groups excluding carboxylic acids is 1. The Hall–Kier alpha value is -4.53. The molecule has 0 radical (unpaired) electrons. The Bertz CT molecular complexity index is 1640. The van der Waals surface area contributed by atoms with Crippen molar-refractivity contribution in [3.63, 3.8) is 0 Å². The average molecular weight is 575 g/mol. The van der Waals surface area contributed by atoms with E-state index in [0.29, 0.717) is 19.5 Å². The van der Waals surface area contributed by atoms with Crippen LogP contribution in [-0.2, 0) is 17.8 Å². The molecule has 0 bridgehead atoms. The zero-order valence-corrected chi connectivity index (χ0v) is 24.7. The molecule has 0 spiro atoms. The number of aliphatic hydroxyl groups is 1. The molecule has 0 saturated carbocycles. The van der Waals surface area contributed by atoms with Crippen LogP contribution >= 0.6 is 0 Å². The van der Waals surface area contributed by atoms with Crippen LogP contribution in [0.4, 0.5) is 0 Å². The number of hydrogen-bond donors (Lipinski definition) is 3.